The Kier molecular flexibility index (Phi) is 4.59. The zero-order chi connectivity index (χ0) is 21.5. The van der Waals surface area contributed by atoms with Crippen molar-refractivity contribution < 1.29 is 4.79 Å². The number of aromatic nitrogens is 2. The lowest BCUT2D eigenvalue weighted by Crippen LogP contribution is -2.28. The Bertz CT molecular complexity index is 1300. The number of Topliss-reactive ketones (excluding diaryl/α,β-unsaturated/α-hetero) is 1. The summed E-state index contributed by atoms with van der Waals surface area (Å²) in [7, 11) is 4.05. The van der Waals surface area contributed by atoms with Crippen LogP contribution in [0.1, 0.15) is 28.9 Å². The number of nitrogens with zero attached hydrogens (tertiary/aromatic N) is 3. The molecular weight excluding hydrogens is 384 g/mol. The third-order valence-corrected chi connectivity index (χ3v) is 5.84. The predicted molar refractivity (Wildman–Crippen MR) is 126 cm³/mol. The minimum Gasteiger partial charge on any atom is -0.378 e. The monoisotopic (exact) mass is 408 g/mol. The summed E-state index contributed by atoms with van der Waals surface area (Å²) in [5, 5.41) is 3.38. The van der Waals surface area contributed by atoms with Gasteiger partial charge >= 0.3 is 0 Å². The third-order valence-electron chi connectivity index (χ3n) is 5.84. The molecule has 5 heteroatoms. The molecule has 31 heavy (non-hydrogen) atoms. The quantitative estimate of drug-likeness (QED) is 0.467. The van der Waals surface area contributed by atoms with E-state index >= 15 is 0 Å². The maximum atomic E-state index is 13.7. The molecule has 1 atom stereocenters. The van der Waals surface area contributed by atoms with Gasteiger partial charge in [0.05, 0.1) is 17.1 Å². The number of fused-ring (bicyclic) bond motifs is 3. The number of allylic oxidation sites excluding steroid dienone is 2. The lowest BCUT2D eigenvalue weighted by Gasteiger charge is -2.31. The van der Waals surface area contributed by atoms with Gasteiger partial charge in [-0.25, -0.2) is 4.98 Å². The molecule has 2 heterocycles. The van der Waals surface area contributed by atoms with Gasteiger partial charge in [0, 0.05) is 36.6 Å². The Balaban J connectivity index is 1.73. The van der Waals surface area contributed by atoms with Crippen molar-refractivity contribution in [1.82, 2.24) is 9.55 Å². The molecular formula is C26H24N4O. The maximum Gasteiger partial charge on any atom is 0.209 e. The second-order valence-corrected chi connectivity index (χ2v) is 8.04. The molecule has 0 fully saturated rings. The first-order valence-electron chi connectivity index (χ1n) is 10.4. The topological polar surface area (TPSA) is 50.2 Å². The van der Waals surface area contributed by atoms with Crippen LogP contribution in [0.4, 0.5) is 11.6 Å². The number of hydrogen-bond acceptors (Lipinski definition) is 4. The van der Waals surface area contributed by atoms with E-state index in [0.717, 1.165) is 39.5 Å². The first-order chi connectivity index (χ1) is 15.0. The fourth-order valence-corrected chi connectivity index (χ4v) is 4.27. The van der Waals surface area contributed by atoms with Crippen LogP contribution in [0.5, 0.6) is 0 Å². The van der Waals surface area contributed by atoms with Crippen molar-refractivity contribution in [3.63, 3.8) is 0 Å². The molecule has 0 bridgehead atoms. The van der Waals surface area contributed by atoms with E-state index in [2.05, 4.69) is 45.1 Å². The first kappa shape index (κ1) is 19.1. The minimum absolute atomic E-state index is 0.0238. The molecule has 1 unspecified atom stereocenters. The van der Waals surface area contributed by atoms with Crippen molar-refractivity contribution in [1.29, 1.82) is 0 Å². The highest BCUT2D eigenvalue weighted by atomic mass is 16.1. The molecule has 1 aliphatic rings. The van der Waals surface area contributed by atoms with E-state index in [1.807, 2.05) is 69.6 Å². The average molecular weight is 409 g/mol. The van der Waals surface area contributed by atoms with Crippen LogP contribution in [0, 0.1) is 0 Å². The molecule has 0 spiro atoms. The molecule has 4 aromatic rings. The summed E-state index contributed by atoms with van der Waals surface area (Å²) in [6, 6.07) is 25.7. The molecule has 0 radical (unpaired) electrons. The summed E-state index contributed by atoms with van der Waals surface area (Å²) in [6.45, 7) is 1.96. The van der Waals surface area contributed by atoms with Crippen molar-refractivity contribution in [3.8, 4) is 0 Å². The number of hydrogen-bond donors (Lipinski definition) is 1. The Morgan fingerprint density at radius 3 is 2.32 bits per heavy atom. The van der Waals surface area contributed by atoms with Gasteiger partial charge in [0.25, 0.3) is 0 Å². The van der Waals surface area contributed by atoms with Crippen LogP contribution in [0.25, 0.3) is 11.0 Å². The molecule has 3 aromatic carbocycles. The molecule has 1 N–H and O–H groups in total. The van der Waals surface area contributed by atoms with E-state index in [0.29, 0.717) is 5.56 Å². The predicted octanol–water partition coefficient (Wildman–Crippen LogP) is 5.27. The number of carbonyl (C=O) groups excluding carboxylic acids is 1. The van der Waals surface area contributed by atoms with Gasteiger partial charge in [-0.2, -0.15) is 0 Å². The molecule has 0 saturated carbocycles. The second-order valence-electron chi connectivity index (χ2n) is 8.04. The number of carbonyl (C=O) groups is 1. The smallest absolute Gasteiger partial charge is 0.209 e. The van der Waals surface area contributed by atoms with Gasteiger partial charge < -0.3 is 10.2 Å². The van der Waals surface area contributed by atoms with Crippen LogP contribution in [-0.2, 0) is 0 Å². The van der Waals surface area contributed by atoms with Crippen molar-refractivity contribution in [2.75, 3.05) is 24.3 Å². The lowest BCUT2D eigenvalue weighted by molar-refractivity contribution is 0.102. The van der Waals surface area contributed by atoms with Gasteiger partial charge in [0.15, 0.2) is 5.78 Å². The number of ketones is 1. The minimum atomic E-state index is -0.271. The van der Waals surface area contributed by atoms with Crippen LogP contribution in [0.3, 0.4) is 0 Å². The normalized spacial score (nSPS) is 15.5. The molecule has 5 rings (SSSR count). The van der Waals surface area contributed by atoms with Gasteiger partial charge in [-0.1, -0.05) is 54.6 Å². The highest BCUT2D eigenvalue weighted by Crippen LogP contribution is 2.40. The van der Waals surface area contributed by atoms with Crippen molar-refractivity contribution in [3.05, 3.63) is 101 Å². The van der Waals surface area contributed by atoms with E-state index in [9.17, 15) is 4.79 Å². The van der Waals surface area contributed by atoms with E-state index in [-0.39, 0.29) is 11.8 Å². The third kappa shape index (κ3) is 3.19. The Hall–Kier alpha value is -3.86. The number of nitrogens with one attached hydrogen (secondary N) is 1. The molecule has 5 nitrogen and oxygen atoms in total. The van der Waals surface area contributed by atoms with E-state index in [4.69, 9.17) is 4.98 Å². The summed E-state index contributed by atoms with van der Waals surface area (Å²) >= 11 is 0. The van der Waals surface area contributed by atoms with Crippen LogP contribution >= 0.6 is 0 Å². The van der Waals surface area contributed by atoms with Gasteiger partial charge in [0.2, 0.25) is 5.95 Å². The summed E-state index contributed by atoms with van der Waals surface area (Å²) in [4.78, 5) is 20.6. The summed E-state index contributed by atoms with van der Waals surface area (Å²) in [6.07, 6.45) is 0. The molecule has 1 aromatic heterocycles. The van der Waals surface area contributed by atoms with E-state index in [1.54, 1.807) is 0 Å². The standard InChI is InChI=1S/C26H24N4O/c1-17-23(25(31)19-9-5-4-6-10-19)24(18-13-15-20(16-14-18)29(2)3)30-22-12-8-7-11-21(22)28-26(30)27-17/h4-16,24H,1-3H3,(H,27,28). The van der Waals surface area contributed by atoms with Crippen LogP contribution < -0.4 is 10.2 Å². The van der Waals surface area contributed by atoms with E-state index < -0.39 is 0 Å². The van der Waals surface area contributed by atoms with Crippen molar-refractivity contribution >= 4 is 28.5 Å². The second kappa shape index (κ2) is 7.43. The SMILES string of the molecule is CC1=C(C(=O)c2ccccc2)C(c2ccc(N(C)C)cc2)n2c(nc3ccccc32)N1. The number of benzene rings is 3. The van der Waals surface area contributed by atoms with Gasteiger partial charge in [-0.3, -0.25) is 9.36 Å². The number of imidazole rings is 1. The van der Waals surface area contributed by atoms with Gasteiger partial charge in [-0.05, 0) is 36.8 Å². The van der Waals surface area contributed by atoms with Gasteiger partial charge in [-0.15, -0.1) is 0 Å². The Morgan fingerprint density at radius 1 is 0.935 bits per heavy atom. The summed E-state index contributed by atoms with van der Waals surface area (Å²) in [5.41, 5.74) is 6.32. The number of rotatable bonds is 4. The van der Waals surface area contributed by atoms with Crippen LogP contribution in [-0.4, -0.2) is 29.4 Å². The highest BCUT2D eigenvalue weighted by Gasteiger charge is 2.34. The van der Waals surface area contributed by atoms with Crippen LogP contribution in [0.15, 0.2) is 90.1 Å². The van der Waals surface area contributed by atoms with Gasteiger partial charge in [0.1, 0.15) is 0 Å². The van der Waals surface area contributed by atoms with Crippen LogP contribution in [0.2, 0.25) is 0 Å². The fourth-order valence-electron chi connectivity index (χ4n) is 4.27. The van der Waals surface area contributed by atoms with Crippen molar-refractivity contribution in [2.24, 2.45) is 0 Å². The highest BCUT2D eigenvalue weighted by molar-refractivity contribution is 6.11. The fraction of sp³-hybridized carbons (Fsp3) is 0.154. The average Bonchev–Trinajstić information content (AvgIpc) is 3.16. The summed E-state index contributed by atoms with van der Waals surface area (Å²) < 4.78 is 2.14. The first-order valence-corrected chi connectivity index (χ1v) is 10.4. The maximum absolute atomic E-state index is 13.7. The molecule has 0 amide bonds. The molecule has 0 aliphatic carbocycles. The Labute approximate surface area is 181 Å². The Morgan fingerprint density at radius 2 is 1.61 bits per heavy atom. The zero-order valence-electron chi connectivity index (χ0n) is 17.8. The lowest BCUT2D eigenvalue weighted by atomic mass is 9.89. The molecule has 1 aliphatic heterocycles. The largest absolute Gasteiger partial charge is 0.378 e. The zero-order valence-corrected chi connectivity index (χ0v) is 17.8. The number of para-hydroxylation sites is 2. The van der Waals surface area contributed by atoms with Crippen molar-refractivity contribution in [2.45, 2.75) is 13.0 Å². The number of anilines is 2. The summed E-state index contributed by atoms with van der Waals surface area (Å²) in [5.74, 6) is 0.778. The van der Waals surface area contributed by atoms with E-state index in [1.165, 1.54) is 0 Å². The molecule has 0 saturated heterocycles. The molecule has 154 valence electrons.